The zero-order chi connectivity index (χ0) is 14.5. The maximum Gasteiger partial charge on any atom is 0.274 e. The minimum Gasteiger partial charge on any atom is -0.508 e. The molecule has 1 aromatic rings. The monoisotopic (exact) mass is 317 g/mol. The fourth-order valence-electron chi connectivity index (χ4n) is 2.63. The smallest absolute Gasteiger partial charge is 0.274 e. The minimum atomic E-state index is -0.443. The number of phenols is 1. The van der Waals surface area contributed by atoms with Crippen molar-refractivity contribution in [3.63, 3.8) is 0 Å². The van der Waals surface area contributed by atoms with Crippen molar-refractivity contribution in [2.45, 2.75) is 12.5 Å². The standard InChI is InChI=1S/C13H19N3O4.ClH/c17-8-3-12(15-6-4-14-5-7-15)11-9-10(18)1-2-13(11)16(19)20;/h1-2,9,12,14,17-18H,3-8H2;1H/t12-;/m0./s1. The molecule has 1 saturated heterocycles. The number of aliphatic hydroxyl groups is 1. The number of aromatic hydroxyl groups is 1. The van der Waals surface area contributed by atoms with Gasteiger partial charge in [-0.05, 0) is 18.6 Å². The van der Waals surface area contributed by atoms with E-state index in [-0.39, 0.29) is 36.5 Å². The molecule has 1 heterocycles. The zero-order valence-corrected chi connectivity index (χ0v) is 12.4. The van der Waals surface area contributed by atoms with E-state index in [2.05, 4.69) is 10.2 Å². The van der Waals surface area contributed by atoms with Crippen molar-refractivity contribution in [3.05, 3.63) is 33.9 Å². The van der Waals surface area contributed by atoms with E-state index in [4.69, 9.17) is 0 Å². The van der Waals surface area contributed by atoms with E-state index in [1.165, 1.54) is 18.2 Å². The van der Waals surface area contributed by atoms with Gasteiger partial charge in [0.05, 0.1) is 10.5 Å². The molecule has 8 heteroatoms. The van der Waals surface area contributed by atoms with Crippen LogP contribution in [0.25, 0.3) is 0 Å². The molecule has 0 radical (unpaired) electrons. The van der Waals surface area contributed by atoms with E-state index in [0.29, 0.717) is 12.0 Å². The first-order valence-corrected chi connectivity index (χ1v) is 6.66. The molecule has 1 aromatic carbocycles. The number of aliphatic hydroxyl groups excluding tert-OH is 1. The quantitative estimate of drug-likeness (QED) is 0.554. The third-order valence-electron chi connectivity index (χ3n) is 3.56. The van der Waals surface area contributed by atoms with Crippen LogP contribution in [0.5, 0.6) is 5.75 Å². The average Bonchev–Trinajstić information content (AvgIpc) is 2.45. The predicted molar refractivity (Wildman–Crippen MR) is 80.9 cm³/mol. The Morgan fingerprint density at radius 2 is 2.05 bits per heavy atom. The molecule has 118 valence electrons. The van der Waals surface area contributed by atoms with Crippen LogP contribution in [0.15, 0.2) is 18.2 Å². The summed E-state index contributed by atoms with van der Waals surface area (Å²) in [6.45, 7) is 3.10. The van der Waals surface area contributed by atoms with Gasteiger partial charge in [-0.2, -0.15) is 0 Å². The van der Waals surface area contributed by atoms with Crippen LogP contribution in [0.3, 0.4) is 0 Å². The zero-order valence-electron chi connectivity index (χ0n) is 11.6. The molecule has 0 saturated carbocycles. The summed E-state index contributed by atoms with van der Waals surface area (Å²) < 4.78 is 0. The highest BCUT2D eigenvalue weighted by Crippen LogP contribution is 2.34. The largest absolute Gasteiger partial charge is 0.508 e. The number of nitro benzene ring substituents is 1. The van der Waals surface area contributed by atoms with Crippen LogP contribution in [-0.4, -0.2) is 52.8 Å². The molecular formula is C13H20ClN3O4. The molecular weight excluding hydrogens is 298 g/mol. The van der Waals surface area contributed by atoms with Gasteiger partial charge in [0.2, 0.25) is 0 Å². The van der Waals surface area contributed by atoms with Crippen LogP contribution in [0.1, 0.15) is 18.0 Å². The Hall–Kier alpha value is -1.41. The van der Waals surface area contributed by atoms with Crippen molar-refractivity contribution in [3.8, 4) is 5.75 Å². The SMILES string of the molecule is Cl.O=[N+]([O-])c1ccc(O)cc1[C@H](CCO)N1CCNCC1. The fraction of sp³-hybridized carbons (Fsp3) is 0.538. The molecule has 0 bridgehead atoms. The van der Waals surface area contributed by atoms with Crippen LogP contribution in [0.4, 0.5) is 5.69 Å². The highest BCUT2D eigenvalue weighted by molar-refractivity contribution is 5.85. The number of nitrogens with one attached hydrogen (secondary N) is 1. The van der Waals surface area contributed by atoms with Gasteiger partial charge in [0, 0.05) is 44.9 Å². The van der Waals surface area contributed by atoms with Crippen molar-refractivity contribution >= 4 is 18.1 Å². The maximum absolute atomic E-state index is 11.2. The number of halogens is 1. The summed E-state index contributed by atoms with van der Waals surface area (Å²) in [6, 6.07) is 3.81. The number of nitrogens with zero attached hydrogens (tertiary/aromatic N) is 2. The second-order valence-corrected chi connectivity index (χ2v) is 4.81. The average molecular weight is 318 g/mol. The van der Waals surface area contributed by atoms with E-state index in [9.17, 15) is 20.3 Å². The Bertz CT molecular complexity index is 480. The fourth-order valence-corrected chi connectivity index (χ4v) is 2.63. The van der Waals surface area contributed by atoms with E-state index in [1.807, 2.05) is 0 Å². The van der Waals surface area contributed by atoms with Crippen LogP contribution in [0.2, 0.25) is 0 Å². The van der Waals surface area contributed by atoms with Gasteiger partial charge in [-0.1, -0.05) is 0 Å². The second-order valence-electron chi connectivity index (χ2n) is 4.81. The van der Waals surface area contributed by atoms with E-state index in [0.717, 1.165) is 26.2 Å². The van der Waals surface area contributed by atoms with Crippen LogP contribution >= 0.6 is 12.4 Å². The second kappa shape index (κ2) is 8.14. The van der Waals surface area contributed by atoms with Crippen LogP contribution < -0.4 is 5.32 Å². The maximum atomic E-state index is 11.2. The highest BCUT2D eigenvalue weighted by atomic mass is 35.5. The Labute approximate surface area is 129 Å². The van der Waals surface area contributed by atoms with Gasteiger partial charge in [0.15, 0.2) is 0 Å². The van der Waals surface area contributed by atoms with Crippen LogP contribution in [0, 0.1) is 10.1 Å². The van der Waals surface area contributed by atoms with Gasteiger partial charge >= 0.3 is 0 Å². The van der Waals surface area contributed by atoms with Gasteiger partial charge in [-0.15, -0.1) is 12.4 Å². The number of piperazine rings is 1. The molecule has 1 aliphatic rings. The number of nitro groups is 1. The molecule has 21 heavy (non-hydrogen) atoms. The van der Waals surface area contributed by atoms with Crippen LogP contribution in [-0.2, 0) is 0 Å². The number of benzene rings is 1. The summed E-state index contributed by atoms with van der Waals surface area (Å²) in [4.78, 5) is 12.8. The lowest BCUT2D eigenvalue weighted by Crippen LogP contribution is -2.45. The Kier molecular flexibility index (Phi) is 6.83. The Morgan fingerprint density at radius 1 is 1.38 bits per heavy atom. The number of rotatable bonds is 5. The number of phenolic OH excluding ortho intramolecular Hbond substituents is 1. The predicted octanol–water partition coefficient (Wildman–Crippen LogP) is 1.05. The number of hydrogen-bond acceptors (Lipinski definition) is 6. The van der Waals surface area contributed by atoms with Crippen molar-refractivity contribution in [2.24, 2.45) is 0 Å². The molecule has 1 aliphatic heterocycles. The van der Waals surface area contributed by atoms with Crippen molar-refractivity contribution < 1.29 is 15.1 Å². The van der Waals surface area contributed by atoms with E-state index in [1.54, 1.807) is 0 Å². The van der Waals surface area contributed by atoms with Gasteiger partial charge in [-0.25, -0.2) is 0 Å². The Balaban J connectivity index is 0.00000220. The third-order valence-corrected chi connectivity index (χ3v) is 3.56. The molecule has 0 aliphatic carbocycles. The summed E-state index contributed by atoms with van der Waals surface area (Å²) in [6.07, 6.45) is 0.407. The lowest BCUT2D eigenvalue weighted by Gasteiger charge is -2.34. The lowest BCUT2D eigenvalue weighted by molar-refractivity contribution is -0.386. The minimum absolute atomic E-state index is 0. The molecule has 3 N–H and O–H groups in total. The summed E-state index contributed by atoms with van der Waals surface area (Å²) in [5.41, 5.74) is 0.450. The first-order chi connectivity index (χ1) is 9.63. The lowest BCUT2D eigenvalue weighted by atomic mass is 9.99. The van der Waals surface area contributed by atoms with Gasteiger partial charge in [0.25, 0.3) is 5.69 Å². The summed E-state index contributed by atoms with van der Waals surface area (Å²) in [7, 11) is 0. The molecule has 1 atom stereocenters. The first-order valence-electron chi connectivity index (χ1n) is 6.66. The number of hydrogen-bond donors (Lipinski definition) is 3. The van der Waals surface area contributed by atoms with Crippen molar-refractivity contribution in [1.82, 2.24) is 10.2 Å². The molecule has 2 rings (SSSR count). The van der Waals surface area contributed by atoms with Gasteiger partial charge in [0.1, 0.15) is 5.75 Å². The summed E-state index contributed by atoms with van der Waals surface area (Å²) >= 11 is 0. The normalized spacial score (nSPS) is 17.0. The Morgan fingerprint density at radius 3 is 2.62 bits per heavy atom. The molecule has 0 spiro atoms. The summed E-state index contributed by atoms with van der Waals surface area (Å²) in [5.74, 6) is 0.00340. The van der Waals surface area contributed by atoms with Gasteiger partial charge < -0.3 is 15.5 Å². The topological polar surface area (TPSA) is 98.9 Å². The molecule has 7 nitrogen and oxygen atoms in total. The van der Waals surface area contributed by atoms with Crippen molar-refractivity contribution in [1.29, 1.82) is 0 Å². The van der Waals surface area contributed by atoms with Gasteiger partial charge in [-0.3, -0.25) is 15.0 Å². The molecule has 1 fully saturated rings. The molecule has 0 amide bonds. The first kappa shape index (κ1) is 17.6. The molecule has 0 unspecified atom stereocenters. The van der Waals surface area contributed by atoms with E-state index < -0.39 is 4.92 Å². The third kappa shape index (κ3) is 4.28. The summed E-state index contributed by atoms with van der Waals surface area (Å²) in [5, 5.41) is 33.3. The highest BCUT2D eigenvalue weighted by Gasteiger charge is 2.28. The van der Waals surface area contributed by atoms with E-state index >= 15 is 0 Å². The molecule has 0 aromatic heterocycles. The van der Waals surface area contributed by atoms with Crippen molar-refractivity contribution in [2.75, 3.05) is 32.8 Å².